The molecule has 1 amide bonds. The summed E-state index contributed by atoms with van der Waals surface area (Å²) in [4.78, 5) is 20.9. The molecule has 0 bridgehead atoms. The predicted octanol–water partition coefficient (Wildman–Crippen LogP) is 5.35. The summed E-state index contributed by atoms with van der Waals surface area (Å²) in [7, 11) is 0. The third-order valence-corrected chi connectivity index (χ3v) is 7.03. The minimum Gasteiger partial charge on any atom is -0.324 e. The van der Waals surface area contributed by atoms with E-state index < -0.39 is 0 Å². The number of carbonyl (C=O) groups is 1. The summed E-state index contributed by atoms with van der Waals surface area (Å²) in [6.07, 6.45) is 4.02. The highest BCUT2D eigenvalue weighted by atomic mass is 32.2. The van der Waals surface area contributed by atoms with E-state index in [0.717, 1.165) is 46.2 Å². The smallest absolute Gasteiger partial charge is 0.238 e. The molecule has 1 aromatic heterocycles. The van der Waals surface area contributed by atoms with Gasteiger partial charge in [-0.1, -0.05) is 30.3 Å². The number of aromatic nitrogens is 1. The van der Waals surface area contributed by atoms with Crippen molar-refractivity contribution in [2.45, 2.75) is 23.8 Å². The third kappa shape index (κ3) is 4.29. The lowest BCUT2D eigenvalue weighted by atomic mass is 10.2. The zero-order valence-corrected chi connectivity index (χ0v) is 17.3. The molecule has 1 saturated heterocycles. The fourth-order valence-electron chi connectivity index (χ4n) is 3.55. The molecule has 1 N–H and O–H groups in total. The van der Waals surface area contributed by atoms with Crippen LogP contribution in [0.2, 0.25) is 0 Å². The minimum absolute atomic E-state index is 0.0275. The number of likely N-dealkylation sites (tertiary alicyclic amines) is 1. The number of thioether (sulfide) groups is 1. The molecule has 6 heteroatoms. The SMILES string of the molecule is C=CCSc1ccccc1NC(=O)CN1CCCC1c1nc2ccccc2s1. The van der Waals surface area contributed by atoms with E-state index in [9.17, 15) is 4.79 Å². The molecule has 28 heavy (non-hydrogen) atoms. The number of nitrogens with zero attached hydrogens (tertiary/aromatic N) is 2. The molecule has 0 radical (unpaired) electrons. The van der Waals surface area contributed by atoms with E-state index >= 15 is 0 Å². The first-order valence-corrected chi connectivity index (χ1v) is 11.3. The maximum Gasteiger partial charge on any atom is 0.238 e. The Kier molecular flexibility index (Phi) is 6.10. The quantitative estimate of drug-likeness (QED) is 0.422. The van der Waals surface area contributed by atoms with Crippen molar-refractivity contribution in [2.24, 2.45) is 0 Å². The summed E-state index contributed by atoms with van der Waals surface area (Å²) in [5.41, 5.74) is 1.92. The predicted molar refractivity (Wildman–Crippen MR) is 119 cm³/mol. The van der Waals surface area contributed by atoms with Gasteiger partial charge >= 0.3 is 0 Å². The number of benzene rings is 2. The zero-order valence-electron chi connectivity index (χ0n) is 15.6. The fraction of sp³-hybridized carbons (Fsp3) is 0.273. The first kappa shape index (κ1) is 19.2. The molecule has 3 aromatic rings. The molecule has 1 unspecified atom stereocenters. The van der Waals surface area contributed by atoms with Crippen molar-refractivity contribution >= 4 is 44.9 Å². The average Bonchev–Trinajstić information content (AvgIpc) is 3.33. The number of hydrogen-bond donors (Lipinski definition) is 1. The normalized spacial score (nSPS) is 17.1. The van der Waals surface area contributed by atoms with E-state index in [1.54, 1.807) is 23.1 Å². The topological polar surface area (TPSA) is 45.2 Å². The van der Waals surface area contributed by atoms with E-state index in [2.05, 4.69) is 28.9 Å². The molecule has 0 spiro atoms. The Morgan fingerprint density at radius 1 is 1.29 bits per heavy atom. The summed E-state index contributed by atoms with van der Waals surface area (Å²) in [5.74, 6) is 0.846. The van der Waals surface area contributed by atoms with Gasteiger partial charge in [0, 0.05) is 10.6 Å². The number of fused-ring (bicyclic) bond motifs is 1. The number of para-hydroxylation sites is 2. The summed E-state index contributed by atoms with van der Waals surface area (Å²) in [6, 6.07) is 16.4. The molecule has 4 nitrogen and oxygen atoms in total. The number of thiazole rings is 1. The van der Waals surface area contributed by atoms with Crippen LogP contribution in [0.25, 0.3) is 10.2 Å². The van der Waals surface area contributed by atoms with Crippen molar-refractivity contribution in [1.29, 1.82) is 0 Å². The van der Waals surface area contributed by atoms with Crippen LogP contribution >= 0.6 is 23.1 Å². The van der Waals surface area contributed by atoms with Gasteiger partial charge in [-0.25, -0.2) is 4.98 Å². The van der Waals surface area contributed by atoms with Gasteiger partial charge in [0.1, 0.15) is 5.01 Å². The lowest BCUT2D eigenvalue weighted by Gasteiger charge is -2.22. The van der Waals surface area contributed by atoms with Crippen LogP contribution in [0.3, 0.4) is 0 Å². The van der Waals surface area contributed by atoms with Crippen LogP contribution in [-0.2, 0) is 4.79 Å². The molecular formula is C22H23N3OS2. The van der Waals surface area contributed by atoms with Crippen molar-refractivity contribution in [1.82, 2.24) is 9.88 Å². The van der Waals surface area contributed by atoms with Gasteiger partial charge in [0.25, 0.3) is 0 Å². The van der Waals surface area contributed by atoms with E-state index in [1.807, 2.05) is 42.5 Å². The molecular weight excluding hydrogens is 386 g/mol. The lowest BCUT2D eigenvalue weighted by molar-refractivity contribution is -0.117. The Hall–Kier alpha value is -2.15. The Morgan fingerprint density at radius 2 is 2.11 bits per heavy atom. The van der Waals surface area contributed by atoms with Gasteiger partial charge in [0.2, 0.25) is 5.91 Å². The summed E-state index contributed by atoms with van der Waals surface area (Å²) < 4.78 is 1.21. The van der Waals surface area contributed by atoms with Gasteiger partial charge in [0.15, 0.2) is 0 Å². The molecule has 2 aromatic carbocycles. The van der Waals surface area contributed by atoms with Crippen LogP contribution in [0, 0.1) is 0 Å². The summed E-state index contributed by atoms with van der Waals surface area (Å²) in [5, 5.41) is 4.21. The second-order valence-electron chi connectivity index (χ2n) is 6.79. The number of rotatable bonds is 7. The molecule has 144 valence electrons. The zero-order chi connectivity index (χ0) is 19.3. The standard InChI is InChI=1S/C22H23N3OS2/c1-2-14-27-19-11-5-3-8-16(19)23-21(26)15-25-13-7-10-18(25)22-24-17-9-4-6-12-20(17)28-22/h2-6,8-9,11-12,18H,1,7,10,13-15H2,(H,23,26). The first-order valence-electron chi connectivity index (χ1n) is 9.46. The van der Waals surface area contributed by atoms with Gasteiger partial charge in [-0.2, -0.15) is 0 Å². The van der Waals surface area contributed by atoms with Crippen LogP contribution in [0.15, 0.2) is 66.1 Å². The van der Waals surface area contributed by atoms with Crippen LogP contribution in [0.1, 0.15) is 23.9 Å². The molecule has 2 heterocycles. The first-order chi connectivity index (χ1) is 13.7. The highest BCUT2D eigenvalue weighted by Crippen LogP contribution is 2.36. The molecule has 1 atom stereocenters. The van der Waals surface area contributed by atoms with Crippen LogP contribution in [0.5, 0.6) is 0 Å². The van der Waals surface area contributed by atoms with Gasteiger partial charge in [-0.3, -0.25) is 9.69 Å². The Bertz CT molecular complexity index is 952. The highest BCUT2D eigenvalue weighted by Gasteiger charge is 2.30. The second kappa shape index (κ2) is 8.90. The monoisotopic (exact) mass is 409 g/mol. The van der Waals surface area contributed by atoms with Crippen LogP contribution in [0.4, 0.5) is 5.69 Å². The highest BCUT2D eigenvalue weighted by molar-refractivity contribution is 7.99. The van der Waals surface area contributed by atoms with Crippen molar-refractivity contribution in [3.63, 3.8) is 0 Å². The van der Waals surface area contributed by atoms with Crippen LogP contribution in [-0.4, -0.2) is 34.6 Å². The summed E-state index contributed by atoms with van der Waals surface area (Å²) in [6.45, 7) is 5.09. The van der Waals surface area contributed by atoms with E-state index in [1.165, 1.54) is 4.70 Å². The Morgan fingerprint density at radius 3 is 2.96 bits per heavy atom. The van der Waals surface area contributed by atoms with Crippen molar-refractivity contribution in [3.8, 4) is 0 Å². The van der Waals surface area contributed by atoms with E-state index in [-0.39, 0.29) is 11.9 Å². The maximum absolute atomic E-state index is 12.7. The largest absolute Gasteiger partial charge is 0.324 e. The van der Waals surface area contributed by atoms with E-state index in [0.29, 0.717) is 6.54 Å². The van der Waals surface area contributed by atoms with E-state index in [4.69, 9.17) is 4.98 Å². The van der Waals surface area contributed by atoms with Crippen molar-refractivity contribution in [3.05, 3.63) is 66.2 Å². The molecule has 0 saturated carbocycles. The number of anilines is 1. The van der Waals surface area contributed by atoms with Gasteiger partial charge in [0.05, 0.1) is 28.5 Å². The maximum atomic E-state index is 12.7. The number of carbonyl (C=O) groups excluding carboxylic acids is 1. The minimum atomic E-state index is 0.0275. The Labute approximate surface area is 173 Å². The number of hydrogen-bond acceptors (Lipinski definition) is 5. The number of nitrogens with one attached hydrogen (secondary N) is 1. The van der Waals surface area contributed by atoms with Crippen molar-refractivity contribution < 1.29 is 4.79 Å². The third-order valence-electron chi connectivity index (χ3n) is 4.82. The van der Waals surface area contributed by atoms with Crippen LogP contribution < -0.4 is 5.32 Å². The van der Waals surface area contributed by atoms with Gasteiger partial charge in [-0.05, 0) is 43.7 Å². The molecule has 1 aliphatic rings. The van der Waals surface area contributed by atoms with Gasteiger partial charge in [-0.15, -0.1) is 29.7 Å². The van der Waals surface area contributed by atoms with Gasteiger partial charge < -0.3 is 5.32 Å². The Balaban J connectivity index is 1.44. The average molecular weight is 410 g/mol. The van der Waals surface area contributed by atoms with Crippen molar-refractivity contribution in [2.75, 3.05) is 24.2 Å². The second-order valence-corrected chi connectivity index (χ2v) is 8.92. The molecule has 0 aliphatic carbocycles. The molecule has 1 aliphatic heterocycles. The lowest BCUT2D eigenvalue weighted by Crippen LogP contribution is -2.33. The number of amides is 1. The molecule has 1 fully saturated rings. The molecule has 4 rings (SSSR count). The summed E-state index contributed by atoms with van der Waals surface area (Å²) >= 11 is 3.42. The fourth-order valence-corrected chi connectivity index (χ4v) is 5.43.